The molecule has 0 aromatic rings. The lowest BCUT2D eigenvalue weighted by atomic mass is 10.1. The second kappa shape index (κ2) is 58.2. The van der Waals surface area contributed by atoms with Crippen LogP contribution >= 0.6 is 0 Å². The molecule has 6 nitrogen and oxygen atoms in total. The van der Waals surface area contributed by atoms with E-state index in [1.54, 1.807) is 0 Å². The summed E-state index contributed by atoms with van der Waals surface area (Å²) in [5.41, 5.74) is 0. The minimum Gasteiger partial charge on any atom is -0.462 e. The second-order valence-corrected chi connectivity index (χ2v) is 19.6. The highest BCUT2D eigenvalue weighted by Gasteiger charge is 2.19. The molecule has 0 N–H and O–H groups in total. The molecule has 0 heterocycles. The van der Waals surface area contributed by atoms with Crippen molar-refractivity contribution in [2.75, 3.05) is 13.2 Å². The van der Waals surface area contributed by atoms with Crippen molar-refractivity contribution in [3.63, 3.8) is 0 Å². The second-order valence-electron chi connectivity index (χ2n) is 19.6. The smallest absolute Gasteiger partial charge is 0.306 e. The Labute approximate surface area is 433 Å². The fourth-order valence-electron chi connectivity index (χ4n) is 8.13. The van der Waals surface area contributed by atoms with E-state index in [2.05, 4.69) is 106 Å². The number of rotatable bonds is 53. The van der Waals surface area contributed by atoms with Gasteiger partial charge in [0.1, 0.15) is 13.2 Å². The minimum atomic E-state index is -0.814. The van der Waals surface area contributed by atoms with E-state index < -0.39 is 6.10 Å². The van der Waals surface area contributed by atoms with Crippen molar-refractivity contribution < 1.29 is 28.6 Å². The van der Waals surface area contributed by atoms with E-state index in [0.29, 0.717) is 19.3 Å². The zero-order valence-corrected chi connectivity index (χ0v) is 46.0. The molecule has 0 aromatic carbocycles. The van der Waals surface area contributed by atoms with Gasteiger partial charge in [0.25, 0.3) is 0 Å². The summed E-state index contributed by atoms with van der Waals surface area (Å²) >= 11 is 0. The van der Waals surface area contributed by atoms with Gasteiger partial charge in [-0.25, -0.2) is 0 Å². The first-order chi connectivity index (χ1) is 34.5. The summed E-state index contributed by atoms with van der Waals surface area (Å²) in [7, 11) is 0. The molecule has 6 heteroatoms. The Morgan fingerprint density at radius 1 is 0.300 bits per heavy atom. The van der Waals surface area contributed by atoms with Crippen LogP contribution in [0.3, 0.4) is 0 Å². The first-order valence-electron chi connectivity index (χ1n) is 29.6. The molecule has 0 fully saturated rings. The average molecular weight is 976 g/mol. The van der Waals surface area contributed by atoms with E-state index in [9.17, 15) is 14.4 Å². The van der Waals surface area contributed by atoms with Gasteiger partial charge in [0.05, 0.1) is 0 Å². The Morgan fingerprint density at radius 2 is 0.571 bits per heavy atom. The number of esters is 3. The normalized spacial score (nSPS) is 12.7. The van der Waals surface area contributed by atoms with Crippen molar-refractivity contribution in [2.24, 2.45) is 0 Å². The van der Waals surface area contributed by atoms with Crippen molar-refractivity contribution in [3.8, 4) is 0 Å². The minimum absolute atomic E-state index is 0.106. The first-order valence-corrected chi connectivity index (χ1v) is 29.6. The van der Waals surface area contributed by atoms with Gasteiger partial charge in [-0.1, -0.05) is 241 Å². The summed E-state index contributed by atoms with van der Waals surface area (Å²) in [6.07, 6.45) is 75.8. The van der Waals surface area contributed by atoms with Gasteiger partial charge in [0.15, 0.2) is 6.10 Å². The molecule has 402 valence electrons. The zero-order chi connectivity index (χ0) is 50.7. The molecule has 0 amide bonds. The Kier molecular flexibility index (Phi) is 55.3. The van der Waals surface area contributed by atoms with Crippen LogP contribution < -0.4 is 0 Å². The maximum atomic E-state index is 12.8. The summed E-state index contributed by atoms with van der Waals surface area (Å²) in [5.74, 6) is -0.975. The third-order valence-electron chi connectivity index (χ3n) is 12.6. The van der Waals surface area contributed by atoms with Crippen LogP contribution in [0.25, 0.3) is 0 Å². The molecule has 0 bridgehead atoms. The van der Waals surface area contributed by atoms with Gasteiger partial charge in [-0.3, -0.25) is 14.4 Å². The van der Waals surface area contributed by atoms with Crippen LogP contribution in [0.5, 0.6) is 0 Å². The number of carbonyl (C=O) groups is 3. The van der Waals surface area contributed by atoms with Crippen molar-refractivity contribution in [2.45, 2.75) is 290 Å². The van der Waals surface area contributed by atoms with Gasteiger partial charge < -0.3 is 14.2 Å². The zero-order valence-electron chi connectivity index (χ0n) is 46.0. The van der Waals surface area contributed by atoms with E-state index in [1.165, 1.54) is 148 Å². The summed E-state index contributed by atoms with van der Waals surface area (Å²) in [5, 5.41) is 0. The largest absolute Gasteiger partial charge is 0.462 e. The lowest BCUT2D eigenvalue weighted by Crippen LogP contribution is -2.30. The number of ether oxygens (including phenoxy) is 3. The maximum Gasteiger partial charge on any atom is 0.306 e. The Hall–Kier alpha value is -3.41. The van der Waals surface area contributed by atoms with Gasteiger partial charge in [-0.15, -0.1) is 0 Å². The standard InChI is InChI=1S/C64H110O6/c1-4-7-10-13-16-19-22-25-28-31-34-36-39-42-45-48-51-54-57-63(66)69-60-61(70-64(67)58-55-52-49-46-43-40-37-33-30-27-24-21-18-15-12-9-6-3)59-68-62(65)56-53-50-47-44-41-38-35-32-29-26-23-20-17-14-11-8-5-2/h17,20,26-31,34,36-37,40,46,49,61H,4-16,18-19,21-25,32-33,35,38-39,41-45,47-48,50-60H2,1-3H3/b20-17-,29-26-,30-27-,31-28-,36-34-,40-37-,49-46-. The van der Waals surface area contributed by atoms with Crippen LogP contribution in [0.2, 0.25) is 0 Å². The lowest BCUT2D eigenvalue weighted by Gasteiger charge is -2.18. The number of allylic oxidation sites excluding steroid dienone is 14. The highest BCUT2D eigenvalue weighted by molar-refractivity contribution is 5.71. The predicted molar refractivity (Wildman–Crippen MR) is 302 cm³/mol. The molecule has 0 aliphatic heterocycles. The van der Waals surface area contributed by atoms with Gasteiger partial charge in [-0.2, -0.15) is 0 Å². The van der Waals surface area contributed by atoms with Crippen LogP contribution in [0.4, 0.5) is 0 Å². The number of hydrogen-bond donors (Lipinski definition) is 0. The van der Waals surface area contributed by atoms with Gasteiger partial charge in [0.2, 0.25) is 0 Å². The molecule has 0 saturated carbocycles. The van der Waals surface area contributed by atoms with Gasteiger partial charge in [-0.05, 0) is 109 Å². The molecular formula is C64H110O6. The van der Waals surface area contributed by atoms with Crippen molar-refractivity contribution >= 4 is 17.9 Å². The van der Waals surface area contributed by atoms with Gasteiger partial charge >= 0.3 is 17.9 Å². The van der Waals surface area contributed by atoms with Crippen LogP contribution in [0.15, 0.2) is 85.1 Å². The maximum absolute atomic E-state index is 12.8. The Morgan fingerprint density at radius 3 is 0.957 bits per heavy atom. The molecule has 0 aliphatic rings. The third kappa shape index (κ3) is 55.5. The molecular weight excluding hydrogens is 865 g/mol. The lowest BCUT2D eigenvalue weighted by molar-refractivity contribution is -0.167. The third-order valence-corrected chi connectivity index (χ3v) is 12.6. The number of unbranched alkanes of at least 4 members (excludes halogenated alkanes) is 29. The molecule has 0 spiro atoms. The fourth-order valence-corrected chi connectivity index (χ4v) is 8.13. The molecule has 0 rings (SSSR count). The monoisotopic (exact) mass is 975 g/mol. The predicted octanol–water partition coefficient (Wildman–Crippen LogP) is 19.9. The van der Waals surface area contributed by atoms with Crippen molar-refractivity contribution in [3.05, 3.63) is 85.1 Å². The summed E-state index contributed by atoms with van der Waals surface area (Å²) in [6.45, 7) is 6.56. The fraction of sp³-hybridized carbons (Fsp3) is 0.734. The molecule has 1 unspecified atom stereocenters. The van der Waals surface area contributed by atoms with Crippen LogP contribution in [0.1, 0.15) is 284 Å². The quantitative estimate of drug-likeness (QED) is 0.0199. The van der Waals surface area contributed by atoms with Crippen LogP contribution in [-0.4, -0.2) is 37.2 Å². The first kappa shape index (κ1) is 66.6. The number of carbonyl (C=O) groups excluding carboxylic acids is 3. The van der Waals surface area contributed by atoms with Crippen LogP contribution in [0, 0.1) is 0 Å². The van der Waals surface area contributed by atoms with E-state index in [4.69, 9.17) is 14.2 Å². The molecule has 70 heavy (non-hydrogen) atoms. The Bertz CT molecular complexity index is 1350. The number of hydrogen-bond acceptors (Lipinski definition) is 6. The highest BCUT2D eigenvalue weighted by Crippen LogP contribution is 2.14. The molecule has 0 aromatic heterocycles. The molecule has 0 saturated heterocycles. The van der Waals surface area contributed by atoms with Gasteiger partial charge in [0, 0.05) is 19.3 Å². The van der Waals surface area contributed by atoms with E-state index in [1.807, 2.05) is 0 Å². The van der Waals surface area contributed by atoms with Crippen LogP contribution in [-0.2, 0) is 28.6 Å². The molecule has 1 atom stereocenters. The molecule has 0 aliphatic carbocycles. The SMILES string of the molecule is CCCCC/C=C\C/C=C\CCCCCCCCCC(=O)OCC(COC(=O)CCCCCCC/C=C\C=C/CCCCCCCCC)OC(=O)CCC/C=C\C/C=C\C/C=C\CCCCCCCC. The highest BCUT2D eigenvalue weighted by atomic mass is 16.6. The Balaban J connectivity index is 4.50. The van der Waals surface area contributed by atoms with Crippen molar-refractivity contribution in [1.29, 1.82) is 0 Å². The van der Waals surface area contributed by atoms with E-state index in [-0.39, 0.29) is 37.5 Å². The average Bonchev–Trinajstić information content (AvgIpc) is 3.36. The summed E-state index contributed by atoms with van der Waals surface area (Å²) in [4.78, 5) is 38.2. The van der Waals surface area contributed by atoms with E-state index in [0.717, 1.165) is 89.9 Å². The topological polar surface area (TPSA) is 78.9 Å². The summed E-state index contributed by atoms with van der Waals surface area (Å²) < 4.78 is 16.8. The van der Waals surface area contributed by atoms with Crippen molar-refractivity contribution in [1.82, 2.24) is 0 Å². The summed E-state index contributed by atoms with van der Waals surface area (Å²) in [6, 6.07) is 0. The molecule has 0 radical (unpaired) electrons. The van der Waals surface area contributed by atoms with E-state index >= 15 is 0 Å².